The van der Waals surface area contributed by atoms with Crippen LogP contribution in [0.4, 0.5) is 0 Å². The van der Waals surface area contributed by atoms with Gasteiger partial charge in [0.1, 0.15) is 0 Å². The van der Waals surface area contributed by atoms with Crippen molar-refractivity contribution in [2.24, 2.45) is 0 Å². The predicted molar refractivity (Wildman–Crippen MR) is 88.5 cm³/mol. The molecule has 1 heterocycles. The zero-order chi connectivity index (χ0) is 15.2. The largest absolute Gasteiger partial charge is 0.350 e. The first-order valence-electron chi connectivity index (χ1n) is 6.81. The number of hydrogen-bond donors (Lipinski definition) is 1. The van der Waals surface area contributed by atoms with E-state index in [9.17, 15) is 4.79 Å². The van der Waals surface area contributed by atoms with Crippen LogP contribution in [0.2, 0.25) is 5.02 Å². The molecule has 1 N–H and O–H groups in total. The molecule has 5 heteroatoms. The molecule has 0 spiro atoms. The topological polar surface area (TPSA) is 32.3 Å². The maximum Gasteiger partial charge on any atom is 0.237 e. The molecule has 1 aromatic carbocycles. The number of likely N-dealkylation sites (N-methyl/N-ethyl adjacent to an activating group) is 1. The zero-order valence-electron chi connectivity index (χ0n) is 12.2. The molecule has 0 unspecified atom stereocenters. The first-order chi connectivity index (χ1) is 10.1. The highest BCUT2D eigenvalue weighted by atomic mass is 35.5. The number of amides is 1. The number of hydrogen-bond acceptors (Lipinski definition) is 3. The lowest BCUT2D eigenvalue weighted by atomic mass is 10.2. The Morgan fingerprint density at radius 3 is 2.76 bits per heavy atom. The summed E-state index contributed by atoms with van der Waals surface area (Å²) < 4.78 is 0. The fourth-order valence-electron chi connectivity index (χ4n) is 1.97. The number of benzene rings is 1. The van der Waals surface area contributed by atoms with E-state index in [1.165, 1.54) is 0 Å². The lowest BCUT2D eigenvalue weighted by Crippen LogP contribution is -2.42. The summed E-state index contributed by atoms with van der Waals surface area (Å²) in [4.78, 5) is 15.3. The summed E-state index contributed by atoms with van der Waals surface area (Å²) >= 11 is 7.80. The summed E-state index contributed by atoms with van der Waals surface area (Å²) in [6.45, 7) is 3.13. The molecule has 3 nitrogen and oxygen atoms in total. The van der Waals surface area contributed by atoms with Crippen molar-refractivity contribution in [3.05, 3.63) is 57.2 Å². The number of carbonyl (C=O) groups excluding carboxylic acids is 1. The van der Waals surface area contributed by atoms with Crippen LogP contribution in [-0.4, -0.2) is 23.9 Å². The maximum absolute atomic E-state index is 12.2. The van der Waals surface area contributed by atoms with Crippen molar-refractivity contribution in [3.63, 3.8) is 0 Å². The first-order valence-corrected chi connectivity index (χ1v) is 8.07. The van der Waals surface area contributed by atoms with E-state index in [-0.39, 0.29) is 11.9 Å². The van der Waals surface area contributed by atoms with E-state index in [0.29, 0.717) is 13.1 Å². The summed E-state index contributed by atoms with van der Waals surface area (Å²) in [6.07, 6.45) is 0. The SMILES string of the molecule is C[C@H](C(=O)NCc1cccs1)N(C)Cc1ccccc1Cl. The number of thiophene rings is 1. The summed E-state index contributed by atoms with van der Waals surface area (Å²) in [5.41, 5.74) is 1.03. The second-order valence-corrected chi connectivity index (χ2v) is 6.42. The molecule has 0 fully saturated rings. The van der Waals surface area contributed by atoms with Crippen LogP contribution in [0.5, 0.6) is 0 Å². The molecule has 0 aliphatic heterocycles. The first kappa shape index (κ1) is 16.0. The van der Waals surface area contributed by atoms with Crippen LogP contribution < -0.4 is 5.32 Å². The van der Waals surface area contributed by atoms with Crippen molar-refractivity contribution in [1.29, 1.82) is 0 Å². The second kappa shape index (κ2) is 7.59. The van der Waals surface area contributed by atoms with E-state index in [0.717, 1.165) is 15.5 Å². The Labute approximate surface area is 134 Å². The van der Waals surface area contributed by atoms with E-state index in [1.54, 1.807) is 11.3 Å². The van der Waals surface area contributed by atoms with Crippen molar-refractivity contribution >= 4 is 28.8 Å². The predicted octanol–water partition coefficient (Wildman–Crippen LogP) is 3.54. The molecule has 0 aliphatic carbocycles. The minimum Gasteiger partial charge on any atom is -0.350 e. The van der Waals surface area contributed by atoms with Gasteiger partial charge in [0, 0.05) is 16.4 Å². The van der Waals surface area contributed by atoms with Crippen LogP contribution in [0.15, 0.2) is 41.8 Å². The smallest absolute Gasteiger partial charge is 0.237 e. The lowest BCUT2D eigenvalue weighted by molar-refractivity contribution is -0.125. The van der Waals surface area contributed by atoms with Gasteiger partial charge in [-0.15, -0.1) is 11.3 Å². The molecular weight excluding hydrogens is 304 g/mol. The number of nitrogens with one attached hydrogen (secondary N) is 1. The Bertz CT molecular complexity index is 586. The third kappa shape index (κ3) is 4.56. The van der Waals surface area contributed by atoms with E-state index < -0.39 is 0 Å². The third-order valence-corrected chi connectivity index (χ3v) is 4.68. The van der Waals surface area contributed by atoms with Gasteiger partial charge in [0.15, 0.2) is 0 Å². The van der Waals surface area contributed by atoms with Gasteiger partial charge >= 0.3 is 0 Å². The fourth-order valence-corrected chi connectivity index (χ4v) is 2.81. The van der Waals surface area contributed by atoms with Crippen LogP contribution in [-0.2, 0) is 17.9 Å². The third-order valence-electron chi connectivity index (χ3n) is 3.44. The molecule has 1 atom stereocenters. The molecule has 112 valence electrons. The van der Waals surface area contributed by atoms with E-state index >= 15 is 0 Å². The number of carbonyl (C=O) groups is 1. The highest BCUT2D eigenvalue weighted by Crippen LogP contribution is 2.17. The van der Waals surface area contributed by atoms with Crippen molar-refractivity contribution in [2.45, 2.75) is 26.1 Å². The van der Waals surface area contributed by atoms with Gasteiger partial charge in [-0.25, -0.2) is 0 Å². The van der Waals surface area contributed by atoms with Crippen molar-refractivity contribution in [2.75, 3.05) is 7.05 Å². The van der Waals surface area contributed by atoms with Crippen LogP contribution in [0.3, 0.4) is 0 Å². The van der Waals surface area contributed by atoms with Gasteiger partial charge in [-0.2, -0.15) is 0 Å². The van der Waals surface area contributed by atoms with Gasteiger partial charge in [-0.3, -0.25) is 9.69 Å². The number of rotatable bonds is 6. The van der Waals surface area contributed by atoms with E-state index in [1.807, 2.05) is 60.6 Å². The van der Waals surface area contributed by atoms with Crippen LogP contribution in [0, 0.1) is 0 Å². The average molecular weight is 323 g/mol. The van der Waals surface area contributed by atoms with Crippen LogP contribution in [0.25, 0.3) is 0 Å². The summed E-state index contributed by atoms with van der Waals surface area (Å²) in [6, 6.07) is 11.5. The fraction of sp³-hybridized carbons (Fsp3) is 0.312. The average Bonchev–Trinajstić information content (AvgIpc) is 2.99. The van der Waals surface area contributed by atoms with Gasteiger partial charge in [0.2, 0.25) is 5.91 Å². The molecule has 2 rings (SSSR count). The summed E-state index contributed by atoms with van der Waals surface area (Å²) in [5, 5.41) is 5.70. The Balaban J connectivity index is 1.88. The maximum atomic E-state index is 12.2. The van der Waals surface area contributed by atoms with Gasteiger partial charge in [0.05, 0.1) is 12.6 Å². The molecule has 0 saturated carbocycles. The summed E-state index contributed by atoms with van der Waals surface area (Å²) in [7, 11) is 1.93. The zero-order valence-corrected chi connectivity index (χ0v) is 13.7. The highest BCUT2D eigenvalue weighted by Gasteiger charge is 2.18. The molecular formula is C16H19ClN2OS. The molecule has 1 amide bonds. The van der Waals surface area contributed by atoms with Crippen molar-refractivity contribution < 1.29 is 4.79 Å². The van der Waals surface area contributed by atoms with Gasteiger partial charge in [-0.05, 0) is 37.0 Å². The van der Waals surface area contributed by atoms with Crippen LogP contribution in [0.1, 0.15) is 17.4 Å². The molecule has 0 radical (unpaired) electrons. The van der Waals surface area contributed by atoms with E-state index in [2.05, 4.69) is 5.32 Å². The Morgan fingerprint density at radius 1 is 1.33 bits per heavy atom. The monoisotopic (exact) mass is 322 g/mol. The lowest BCUT2D eigenvalue weighted by Gasteiger charge is -2.24. The Morgan fingerprint density at radius 2 is 2.10 bits per heavy atom. The molecule has 2 aromatic rings. The standard InChI is InChI=1S/C16H19ClN2OS/c1-12(16(20)18-10-14-7-5-9-21-14)19(2)11-13-6-3-4-8-15(13)17/h3-9,12H,10-11H2,1-2H3,(H,18,20)/t12-/m1/s1. The van der Waals surface area contributed by atoms with Gasteiger partial charge in [0.25, 0.3) is 0 Å². The molecule has 0 bridgehead atoms. The number of nitrogens with zero attached hydrogens (tertiary/aromatic N) is 1. The Hall–Kier alpha value is -1.36. The minimum atomic E-state index is -0.207. The van der Waals surface area contributed by atoms with Crippen molar-refractivity contribution in [1.82, 2.24) is 10.2 Å². The molecule has 0 aliphatic rings. The van der Waals surface area contributed by atoms with Gasteiger partial charge in [-0.1, -0.05) is 35.9 Å². The van der Waals surface area contributed by atoms with E-state index in [4.69, 9.17) is 11.6 Å². The van der Waals surface area contributed by atoms with Crippen LogP contribution >= 0.6 is 22.9 Å². The van der Waals surface area contributed by atoms with Gasteiger partial charge < -0.3 is 5.32 Å². The van der Waals surface area contributed by atoms with Crippen molar-refractivity contribution in [3.8, 4) is 0 Å². The quantitative estimate of drug-likeness (QED) is 0.882. The summed E-state index contributed by atoms with van der Waals surface area (Å²) in [5.74, 6) is 0.0259. The normalized spacial score (nSPS) is 12.4. The minimum absolute atomic E-state index is 0.0259. The second-order valence-electron chi connectivity index (χ2n) is 4.98. The number of halogens is 1. The Kier molecular flexibility index (Phi) is 5.79. The molecule has 1 aromatic heterocycles. The molecule has 0 saturated heterocycles. The highest BCUT2D eigenvalue weighted by molar-refractivity contribution is 7.09. The molecule has 21 heavy (non-hydrogen) atoms.